The smallest absolute Gasteiger partial charge is 0.859 e. The average Bonchev–Trinajstić information content (AvgIpc) is 2.72. The van der Waals surface area contributed by atoms with E-state index >= 15 is 0 Å². The summed E-state index contributed by atoms with van der Waals surface area (Å²) in [6, 6.07) is 6.48. The third kappa shape index (κ3) is 6.26. The van der Waals surface area contributed by atoms with Gasteiger partial charge in [0.15, 0.2) is 21.1 Å². The molecule has 0 atom stereocenters. The predicted molar refractivity (Wildman–Crippen MR) is 133 cm³/mol. The van der Waals surface area contributed by atoms with E-state index in [1.807, 2.05) is 20.8 Å². The summed E-state index contributed by atoms with van der Waals surface area (Å²) in [5.41, 5.74) is -0.579. The molecule has 37 heavy (non-hydrogen) atoms. The molecule has 1 aliphatic rings. The molecule has 3 aromatic rings. The quantitative estimate of drug-likeness (QED) is 0.422. The minimum absolute atomic E-state index is 0. The maximum absolute atomic E-state index is 14.1. The van der Waals surface area contributed by atoms with E-state index < -0.39 is 48.4 Å². The summed E-state index contributed by atoms with van der Waals surface area (Å²) in [5.74, 6) is -2.45. The Balaban J connectivity index is 0.00000380. The summed E-state index contributed by atoms with van der Waals surface area (Å²) >= 11 is 0. The van der Waals surface area contributed by atoms with Gasteiger partial charge in [0.2, 0.25) is 0 Å². The molecule has 0 amide bonds. The van der Waals surface area contributed by atoms with Gasteiger partial charge in [0.25, 0.3) is 10.0 Å². The van der Waals surface area contributed by atoms with Crippen LogP contribution < -0.4 is 45.4 Å². The Morgan fingerprint density at radius 2 is 1.84 bits per heavy atom. The van der Waals surface area contributed by atoms with Crippen molar-refractivity contribution in [2.45, 2.75) is 44.3 Å². The van der Waals surface area contributed by atoms with Gasteiger partial charge in [-0.25, -0.2) is 12.8 Å². The summed E-state index contributed by atoms with van der Waals surface area (Å²) in [7, 11) is -7.81. The van der Waals surface area contributed by atoms with Crippen LogP contribution in [0.1, 0.15) is 43.9 Å². The molecule has 0 aliphatic carbocycles. The largest absolute Gasteiger partial charge is 1.00 e. The number of halogens is 1. The van der Waals surface area contributed by atoms with Crippen molar-refractivity contribution in [2.75, 3.05) is 11.6 Å². The van der Waals surface area contributed by atoms with Crippen molar-refractivity contribution in [2.24, 2.45) is 9.81 Å². The number of sulfonamides is 1. The fourth-order valence-corrected chi connectivity index (χ4v) is 5.99. The van der Waals surface area contributed by atoms with Gasteiger partial charge in [0.05, 0.1) is 22.5 Å². The summed E-state index contributed by atoms with van der Waals surface area (Å²) in [6.07, 6.45) is 2.83. The van der Waals surface area contributed by atoms with Gasteiger partial charge in [0, 0.05) is 18.0 Å². The van der Waals surface area contributed by atoms with Gasteiger partial charge in [-0.2, -0.15) is 8.42 Å². The number of anilines is 1. The number of sulfone groups is 1. The molecule has 0 unspecified atom stereocenters. The minimum Gasteiger partial charge on any atom is -0.859 e. The first-order valence-corrected chi connectivity index (χ1v) is 14.5. The van der Waals surface area contributed by atoms with Crippen molar-refractivity contribution in [1.82, 2.24) is 4.40 Å². The average molecular weight is 558 g/mol. The second-order valence-electron chi connectivity index (χ2n) is 10.1. The number of aromatic nitrogens is 1. The van der Waals surface area contributed by atoms with Crippen LogP contribution >= 0.6 is 0 Å². The molecule has 1 aliphatic heterocycles. The molecule has 2 aromatic heterocycles. The number of aryl methyl sites for hydroxylation is 1. The molecule has 9 nitrogen and oxygen atoms in total. The van der Waals surface area contributed by atoms with E-state index in [-0.39, 0.29) is 74.4 Å². The minimum atomic E-state index is -4.39. The number of hydrogen-bond acceptors (Lipinski definition) is 7. The van der Waals surface area contributed by atoms with E-state index in [4.69, 9.17) is 0 Å². The van der Waals surface area contributed by atoms with Crippen molar-refractivity contribution < 1.29 is 55.9 Å². The van der Waals surface area contributed by atoms with E-state index in [0.29, 0.717) is 6.42 Å². The Hall–Kier alpha value is -2.25. The van der Waals surface area contributed by atoms with Crippen molar-refractivity contribution in [3.63, 3.8) is 0 Å². The van der Waals surface area contributed by atoms with Crippen LogP contribution in [0.4, 0.5) is 10.1 Å². The Kier molecular flexibility index (Phi) is 8.03. The van der Waals surface area contributed by atoms with Crippen LogP contribution in [0.15, 0.2) is 50.6 Å². The molecule has 1 aromatic carbocycles. The number of hydrogen-bond donors (Lipinski definition) is 1. The van der Waals surface area contributed by atoms with Gasteiger partial charge in [-0.15, -0.1) is 4.40 Å². The molecule has 0 spiro atoms. The number of benzene rings is 1. The summed E-state index contributed by atoms with van der Waals surface area (Å²) in [4.78, 5) is 13.3. The Labute approximate surface area is 236 Å². The molecule has 192 valence electrons. The molecule has 0 bridgehead atoms. The third-order valence-corrected chi connectivity index (χ3v) is 7.91. The Morgan fingerprint density at radius 1 is 1.16 bits per heavy atom. The number of rotatable bonds is 5. The summed E-state index contributed by atoms with van der Waals surface area (Å²) in [5, 5.41) is 16.0. The fraction of sp³-hybridized carbons (Fsp3) is 0.333. The van der Waals surface area contributed by atoms with Gasteiger partial charge in [-0.05, 0) is 54.0 Å². The van der Waals surface area contributed by atoms with Gasteiger partial charge < -0.3 is 14.8 Å². The third-order valence-electron chi connectivity index (χ3n) is 5.73. The monoisotopic (exact) mass is 557 g/mol. The van der Waals surface area contributed by atoms with E-state index in [0.717, 1.165) is 22.9 Å². The molecule has 13 heteroatoms. The first kappa shape index (κ1) is 29.3. The van der Waals surface area contributed by atoms with Crippen LogP contribution in [0.25, 0.3) is 5.52 Å². The van der Waals surface area contributed by atoms with Crippen LogP contribution in [-0.2, 0) is 32.0 Å². The van der Waals surface area contributed by atoms with Crippen LogP contribution in [0.2, 0.25) is 0 Å². The number of fused-ring (bicyclic) bond motifs is 2. The number of nitrogens with one attached hydrogen (secondary N) is 1. The van der Waals surface area contributed by atoms with Gasteiger partial charge in [-0.1, -0.05) is 26.8 Å². The van der Waals surface area contributed by atoms with Crippen LogP contribution in [0.5, 0.6) is 5.88 Å². The van der Waals surface area contributed by atoms with E-state index in [1.165, 1.54) is 24.3 Å². The molecular formula is C24H25FN3NaO6S2. The fourth-order valence-electron chi connectivity index (χ4n) is 4.03. The molecule has 0 saturated heterocycles. The first-order chi connectivity index (χ1) is 16.6. The molecular weight excluding hydrogens is 532 g/mol. The Bertz CT molecular complexity index is 1710. The van der Waals surface area contributed by atoms with E-state index in [2.05, 4.69) is 9.71 Å². The van der Waals surface area contributed by atoms with E-state index in [9.17, 15) is 31.1 Å². The maximum atomic E-state index is 14.1. The normalized spacial score (nSPS) is 14.9. The molecule has 0 fully saturated rings. The first-order valence-electron chi connectivity index (χ1n) is 11.0. The summed E-state index contributed by atoms with van der Waals surface area (Å²) < 4.78 is 68.0. The molecule has 0 saturated carbocycles. The van der Waals surface area contributed by atoms with Crippen molar-refractivity contribution in [1.29, 1.82) is 0 Å². The number of amidine groups is 1. The molecule has 1 N–H and O–H groups in total. The molecule has 4 rings (SSSR count). The zero-order valence-corrected chi connectivity index (χ0v) is 24.8. The van der Waals surface area contributed by atoms with Crippen molar-refractivity contribution in [3.8, 4) is 5.88 Å². The van der Waals surface area contributed by atoms with Gasteiger partial charge in [-0.3, -0.25) is 4.79 Å². The van der Waals surface area contributed by atoms with Gasteiger partial charge >= 0.3 is 29.6 Å². The van der Waals surface area contributed by atoms with Gasteiger partial charge in [0.1, 0.15) is 10.7 Å². The maximum Gasteiger partial charge on any atom is 1.00 e. The van der Waals surface area contributed by atoms with E-state index in [1.54, 1.807) is 0 Å². The Morgan fingerprint density at radius 3 is 2.46 bits per heavy atom. The topological polar surface area (TPSA) is 137 Å². The van der Waals surface area contributed by atoms with Crippen LogP contribution in [-0.4, -0.2) is 33.3 Å². The molecule has 3 heterocycles. The SMILES string of the molecule is CC(C)(C)CCc1c(=O)c(C2=NS(=O)(=O)c3cc(CS(C)(=O)=O)ccc3N2)c([O-])n2cc(F)ccc12.[Na+]. The molecule has 0 radical (unpaired) electrons. The number of nitrogens with zero attached hydrogens (tertiary/aromatic N) is 2. The standard InChI is InChI=1S/C24H26FN3O6S2.Na/c1-24(2,3)10-9-16-18-8-6-15(25)12-28(18)23(30)20(21(16)29)22-26-17-7-5-14(13-35(4,31)32)11-19(17)36(33,34)27-22;/h5-8,11-12,30H,9-10,13H2,1-4H3,(H,26,27);/q;+1/p-1. The zero-order chi connectivity index (χ0) is 26.6. The number of pyridine rings is 2. The van der Waals surface area contributed by atoms with Crippen LogP contribution in [0, 0.1) is 11.2 Å². The predicted octanol–water partition coefficient (Wildman–Crippen LogP) is -0.399. The van der Waals surface area contributed by atoms with Crippen molar-refractivity contribution >= 4 is 36.9 Å². The zero-order valence-electron chi connectivity index (χ0n) is 21.1. The summed E-state index contributed by atoms with van der Waals surface area (Å²) in [6.45, 7) is 5.97. The second kappa shape index (κ2) is 10.1. The van der Waals surface area contributed by atoms with Crippen molar-refractivity contribution in [3.05, 3.63) is 69.3 Å². The van der Waals surface area contributed by atoms with Crippen LogP contribution in [0.3, 0.4) is 0 Å². The second-order valence-corrected chi connectivity index (χ2v) is 13.8.